The summed E-state index contributed by atoms with van der Waals surface area (Å²) in [6.45, 7) is -1.05. The van der Waals surface area contributed by atoms with E-state index in [1.165, 1.54) is 13.2 Å². The molecule has 2 N–H and O–H groups in total. The van der Waals surface area contributed by atoms with Gasteiger partial charge in [-0.25, -0.2) is 0 Å². The van der Waals surface area contributed by atoms with Crippen LogP contribution in [0, 0.1) is 0 Å². The average Bonchev–Trinajstić information content (AvgIpc) is 2.19. The van der Waals surface area contributed by atoms with Crippen molar-refractivity contribution in [2.75, 3.05) is 7.11 Å². The molecule has 3 nitrogen and oxygen atoms in total. The van der Waals surface area contributed by atoms with Crippen LogP contribution in [-0.4, -0.2) is 19.8 Å². The lowest BCUT2D eigenvalue weighted by Crippen LogP contribution is -2.18. The van der Waals surface area contributed by atoms with E-state index in [0.29, 0.717) is 17.7 Å². The molecule has 16 heavy (non-hydrogen) atoms. The van der Waals surface area contributed by atoms with Crippen LogP contribution in [0.25, 0.3) is 0 Å². The Kier molecular flexibility index (Phi) is 4.49. The Balaban J connectivity index is 2.96. The molecule has 90 valence electrons. The van der Waals surface area contributed by atoms with Gasteiger partial charge < -0.3 is 15.2 Å². The number of alkyl halides is 2. The zero-order valence-corrected chi connectivity index (χ0v) is 9.24. The summed E-state index contributed by atoms with van der Waals surface area (Å²) in [5.74, 6) is 0.593. The van der Waals surface area contributed by atoms with E-state index in [1.54, 1.807) is 19.1 Å². The first-order valence-electron chi connectivity index (χ1n) is 4.90. The van der Waals surface area contributed by atoms with Gasteiger partial charge in [-0.1, -0.05) is 6.07 Å². The van der Waals surface area contributed by atoms with Crippen LogP contribution in [0.1, 0.15) is 12.5 Å². The molecule has 1 rings (SSSR count). The second-order valence-electron chi connectivity index (χ2n) is 3.53. The first-order valence-corrected chi connectivity index (χ1v) is 4.90. The second-order valence-corrected chi connectivity index (χ2v) is 3.53. The third kappa shape index (κ3) is 3.66. The lowest BCUT2D eigenvalue weighted by Gasteiger charge is -2.13. The molecular weight excluding hydrogens is 216 g/mol. The molecule has 1 aromatic rings. The van der Waals surface area contributed by atoms with Crippen molar-refractivity contribution in [2.45, 2.75) is 26.0 Å². The van der Waals surface area contributed by atoms with Crippen LogP contribution in [0.4, 0.5) is 8.78 Å². The van der Waals surface area contributed by atoms with Gasteiger partial charge in [0.05, 0.1) is 7.11 Å². The van der Waals surface area contributed by atoms with Gasteiger partial charge in [-0.15, -0.1) is 0 Å². The Bertz CT molecular complexity index is 343. The van der Waals surface area contributed by atoms with Crippen LogP contribution >= 0.6 is 0 Å². The number of nitrogens with two attached hydrogens (primary N) is 1. The van der Waals surface area contributed by atoms with E-state index in [2.05, 4.69) is 4.74 Å². The normalized spacial score (nSPS) is 12.6. The Morgan fingerprint density at radius 1 is 1.38 bits per heavy atom. The van der Waals surface area contributed by atoms with Crippen LogP contribution in [0.5, 0.6) is 11.5 Å². The van der Waals surface area contributed by atoms with Gasteiger partial charge in [-0.3, -0.25) is 0 Å². The Morgan fingerprint density at radius 2 is 2.06 bits per heavy atom. The third-order valence-corrected chi connectivity index (χ3v) is 2.03. The average molecular weight is 231 g/mol. The zero-order valence-electron chi connectivity index (χ0n) is 9.24. The number of methoxy groups -OCH3 is 1. The molecular formula is C11H15F2NO2. The van der Waals surface area contributed by atoms with E-state index in [0.717, 1.165) is 0 Å². The fraction of sp³-hybridized carbons (Fsp3) is 0.455. The lowest BCUT2D eigenvalue weighted by atomic mass is 10.1. The monoisotopic (exact) mass is 231 g/mol. The fourth-order valence-electron chi connectivity index (χ4n) is 1.38. The van der Waals surface area contributed by atoms with Gasteiger partial charge in [0.1, 0.15) is 11.5 Å². The van der Waals surface area contributed by atoms with Crippen molar-refractivity contribution in [3.63, 3.8) is 0 Å². The first kappa shape index (κ1) is 12.7. The summed E-state index contributed by atoms with van der Waals surface area (Å²) in [5, 5.41) is 0. The third-order valence-electron chi connectivity index (χ3n) is 2.03. The molecule has 0 amide bonds. The lowest BCUT2D eigenvalue weighted by molar-refractivity contribution is -0.0505. The predicted octanol–water partition coefficient (Wildman–Crippen LogP) is 2.19. The predicted molar refractivity (Wildman–Crippen MR) is 57.0 cm³/mol. The minimum atomic E-state index is -2.85. The number of rotatable bonds is 5. The Morgan fingerprint density at radius 3 is 2.56 bits per heavy atom. The molecule has 0 aromatic heterocycles. The maximum atomic E-state index is 12.2. The molecule has 0 aliphatic carbocycles. The fourth-order valence-corrected chi connectivity index (χ4v) is 1.38. The van der Waals surface area contributed by atoms with Gasteiger partial charge >= 0.3 is 6.61 Å². The SMILES string of the molecule is COc1ccc(CC(C)N)c(OC(F)F)c1. The van der Waals surface area contributed by atoms with E-state index >= 15 is 0 Å². The van der Waals surface area contributed by atoms with Crippen LogP contribution in [0.15, 0.2) is 18.2 Å². The molecule has 0 fully saturated rings. The van der Waals surface area contributed by atoms with Crippen LogP contribution < -0.4 is 15.2 Å². The molecule has 0 bridgehead atoms. The highest BCUT2D eigenvalue weighted by atomic mass is 19.3. The quantitative estimate of drug-likeness (QED) is 0.844. The highest BCUT2D eigenvalue weighted by Crippen LogP contribution is 2.27. The summed E-state index contributed by atoms with van der Waals surface area (Å²) >= 11 is 0. The molecule has 0 aliphatic heterocycles. The summed E-state index contributed by atoms with van der Waals surface area (Å²) in [5.41, 5.74) is 6.27. The van der Waals surface area contributed by atoms with Gasteiger partial charge in [0.2, 0.25) is 0 Å². The molecule has 0 heterocycles. The standard InChI is InChI=1S/C11H15F2NO2/c1-7(14)5-8-3-4-9(15-2)6-10(8)16-11(12)13/h3-4,6-7,11H,5,14H2,1-2H3. The molecule has 1 atom stereocenters. The highest BCUT2D eigenvalue weighted by Gasteiger charge is 2.12. The number of benzene rings is 1. The van der Waals surface area contributed by atoms with Gasteiger partial charge in [0, 0.05) is 12.1 Å². The molecule has 1 aromatic carbocycles. The van der Waals surface area contributed by atoms with Crippen molar-refractivity contribution in [2.24, 2.45) is 5.73 Å². The summed E-state index contributed by atoms with van der Waals surface area (Å²) in [7, 11) is 1.46. The van der Waals surface area contributed by atoms with Crippen LogP contribution in [0.3, 0.4) is 0 Å². The number of hydrogen-bond acceptors (Lipinski definition) is 3. The van der Waals surface area contributed by atoms with E-state index in [4.69, 9.17) is 10.5 Å². The summed E-state index contributed by atoms with van der Waals surface area (Å²) < 4.78 is 33.7. The molecule has 0 aliphatic rings. The Hall–Kier alpha value is -1.36. The van der Waals surface area contributed by atoms with E-state index in [1.807, 2.05) is 0 Å². The molecule has 5 heteroatoms. The minimum Gasteiger partial charge on any atom is -0.497 e. The molecule has 0 saturated carbocycles. The van der Waals surface area contributed by atoms with E-state index < -0.39 is 6.61 Å². The number of ether oxygens (including phenoxy) is 2. The summed E-state index contributed by atoms with van der Waals surface area (Å²) in [6, 6.07) is 4.69. The van der Waals surface area contributed by atoms with Crippen molar-refractivity contribution in [1.82, 2.24) is 0 Å². The van der Waals surface area contributed by atoms with Gasteiger partial charge in [0.15, 0.2) is 0 Å². The highest BCUT2D eigenvalue weighted by molar-refractivity contribution is 5.41. The van der Waals surface area contributed by atoms with Crippen LogP contribution in [-0.2, 0) is 6.42 Å². The maximum absolute atomic E-state index is 12.2. The van der Waals surface area contributed by atoms with Gasteiger partial charge in [-0.05, 0) is 25.0 Å². The van der Waals surface area contributed by atoms with Gasteiger partial charge in [-0.2, -0.15) is 8.78 Å². The van der Waals surface area contributed by atoms with Crippen molar-refractivity contribution in [3.05, 3.63) is 23.8 Å². The number of halogens is 2. The summed E-state index contributed by atoms with van der Waals surface area (Å²) in [6.07, 6.45) is 0.478. The van der Waals surface area contributed by atoms with Crippen molar-refractivity contribution >= 4 is 0 Å². The van der Waals surface area contributed by atoms with E-state index in [-0.39, 0.29) is 11.8 Å². The first-order chi connectivity index (χ1) is 7.52. The molecule has 0 radical (unpaired) electrons. The summed E-state index contributed by atoms with van der Waals surface area (Å²) in [4.78, 5) is 0. The topological polar surface area (TPSA) is 44.5 Å². The zero-order chi connectivity index (χ0) is 12.1. The molecule has 1 unspecified atom stereocenters. The van der Waals surface area contributed by atoms with Crippen molar-refractivity contribution in [1.29, 1.82) is 0 Å². The van der Waals surface area contributed by atoms with Crippen molar-refractivity contribution in [3.8, 4) is 11.5 Å². The Labute approximate surface area is 93.2 Å². The van der Waals surface area contributed by atoms with E-state index in [9.17, 15) is 8.78 Å². The second kappa shape index (κ2) is 5.65. The van der Waals surface area contributed by atoms with Gasteiger partial charge in [0.25, 0.3) is 0 Å². The minimum absolute atomic E-state index is 0.117. The number of hydrogen-bond donors (Lipinski definition) is 1. The maximum Gasteiger partial charge on any atom is 0.387 e. The molecule has 0 spiro atoms. The largest absolute Gasteiger partial charge is 0.497 e. The van der Waals surface area contributed by atoms with Crippen molar-refractivity contribution < 1.29 is 18.3 Å². The van der Waals surface area contributed by atoms with Crippen LogP contribution in [0.2, 0.25) is 0 Å². The molecule has 0 saturated heterocycles. The smallest absolute Gasteiger partial charge is 0.387 e.